The van der Waals surface area contributed by atoms with E-state index in [9.17, 15) is 8.42 Å². The molecule has 0 spiro atoms. The number of aryl methyl sites for hydroxylation is 1. The summed E-state index contributed by atoms with van der Waals surface area (Å²) in [4.78, 5) is 18.1. The van der Waals surface area contributed by atoms with Crippen molar-refractivity contribution in [2.75, 3.05) is 0 Å². The molecule has 4 heterocycles. The van der Waals surface area contributed by atoms with Crippen LogP contribution < -0.4 is 0 Å². The van der Waals surface area contributed by atoms with Crippen molar-refractivity contribution in [2.45, 2.75) is 51.3 Å². The van der Waals surface area contributed by atoms with Gasteiger partial charge in [0.05, 0.1) is 40.6 Å². The van der Waals surface area contributed by atoms with Crippen LogP contribution in [0, 0.1) is 6.92 Å². The Hall–Kier alpha value is -3.14. The van der Waals surface area contributed by atoms with Crippen LogP contribution in [0.5, 0.6) is 0 Å². The first-order valence-electron chi connectivity index (χ1n) is 10.3. The fraction of sp³-hybridized carbons (Fsp3) is 0.381. The molecule has 0 atom stereocenters. The molecule has 4 aromatic rings. The van der Waals surface area contributed by atoms with Gasteiger partial charge in [-0.05, 0) is 45.7 Å². The molecular formula is C21H23N7O2S. The largest absolute Gasteiger partial charge is 0.326 e. The van der Waals surface area contributed by atoms with Crippen molar-refractivity contribution in [3.63, 3.8) is 0 Å². The Kier molecular flexibility index (Phi) is 4.62. The van der Waals surface area contributed by atoms with Gasteiger partial charge in [0.2, 0.25) is 0 Å². The van der Waals surface area contributed by atoms with Crippen LogP contribution in [0.15, 0.2) is 36.9 Å². The summed E-state index contributed by atoms with van der Waals surface area (Å²) < 4.78 is 28.0. The minimum absolute atomic E-state index is 0.300. The second-order valence-corrected chi connectivity index (χ2v) is 10.3. The first-order valence-corrected chi connectivity index (χ1v) is 11.8. The highest BCUT2D eigenvalue weighted by Gasteiger charge is 2.37. The summed E-state index contributed by atoms with van der Waals surface area (Å²) >= 11 is 0. The van der Waals surface area contributed by atoms with E-state index < -0.39 is 10.0 Å². The van der Waals surface area contributed by atoms with Crippen LogP contribution >= 0.6 is 0 Å². The van der Waals surface area contributed by atoms with Gasteiger partial charge in [0.1, 0.15) is 11.3 Å². The molecule has 4 aromatic heterocycles. The lowest BCUT2D eigenvalue weighted by atomic mass is 10.2. The summed E-state index contributed by atoms with van der Waals surface area (Å²) in [6.07, 6.45) is 8.36. The maximum Gasteiger partial charge on any atom is 0.256 e. The van der Waals surface area contributed by atoms with E-state index >= 15 is 0 Å². The van der Waals surface area contributed by atoms with E-state index in [0.29, 0.717) is 36.7 Å². The molecule has 5 rings (SSSR count). The van der Waals surface area contributed by atoms with Crippen LogP contribution in [0.25, 0.3) is 22.4 Å². The van der Waals surface area contributed by atoms with Gasteiger partial charge < -0.3 is 4.57 Å². The molecule has 1 aliphatic rings. The van der Waals surface area contributed by atoms with E-state index in [0.717, 1.165) is 32.3 Å². The number of aromatic nitrogens is 7. The van der Waals surface area contributed by atoms with Crippen molar-refractivity contribution in [3.8, 4) is 11.4 Å². The molecule has 1 saturated carbocycles. The second-order valence-electron chi connectivity index (χ2n) is 8.18. The third kappa shape index (κ3) is 3.60. The molecule has 0 N–H and O–H groups in total. The van der Waals surface area contributed by atoms with E-state index in [-0.39, 0.29) is 5.25 Å². The van der Waals surface area contributed by atoms with E-state index in [1.165, 1.54) is 12.4 Å². The van der Waals surface area contributed by atoms with Gasteiger partial charge in [-0.15, -0.1) is 0 Å². The number of imidazole rings is 1. The fourth-order valence-electron chi connectivity index (χ4n) is 3.81. The highest BCUT2D eigenvalue weighted by atomic mass is 32.2. The van der Waals surface area contributed by atoms with Crippen molar-refractivity contribution in [3.05, 3.63) is 54.1 Å². The molecule has 0 bridgehead atoms. The smallest absolute Gasteiger partial charge is 0.256 e. The Morgan fingerprint density at radius 2 is 1.94 bits per heavy atom. The Bertz CT molecular complexity index is 1380. The first kappa shape index (κ1) is 19.8. The zero-order chi connectivity index (χ0) is 21.8. The first-order chi connectivity index (χ1) is 14.8. The monoisotopic (exact) mass is 437 g/mol. The maximum atomic E-state index is 12.4. The molecule has 1 fully saturated rings. The van der Waals surface area contributed by atoms with Crippen LogP contribution in [0.2, 0.25) is 0 Å². The van der Waals surface area contributed by atoms with Crippen molar-refractivity contribution < 1.29 is 8.42 Å². The number of pyridine rings is 1. The van der Waals surface area contributed by atoms with Crippen molar-refractivity contribution in [1.29, 1.82) is 0 Å². The summed E-state index contributed by atoms with van der Waals surface area (Å²) in [5, 5.41) is 3.71. The SMILES string of the molecule is Cc1nc2cnc(Cc3ccnc(-c4cnn(S(=O)(=O)C5CC5)c4)n3)cc2n1C(C)C. The Labute approximate surface area is 180 Å². The summed E-state index contributed by atoms with van der Waals surface area (Å²) in [7, 11) is -3.41. The van der Waals surface area contributed by atoms with E-state index in [2.05, 4.69) is 49.5 Å². The number of hydrogen-bond acceptors (Lipinski definition) is 7. The van der Waals surface area contributed by atoms with Crippen LogP contribution in [0.4, 0.5) is 0 Å². The van der Waals surface area contributed by atoms with E-state index in [1.54, 1.807) is 12.4 Å². The second kappa shape index (κ2) is 7.23. The van der Waals surface area contributed by atoms with Gasteiger partial charge in [-0.25, -0.2) is 23.4 Å². The Balaban J connectivity index is 1.44. The van der Waals surface area contributed by atoms with Crippen molar-refractivity contribution in [1.82, 2.24) is 33.7 Å². The van der Waals surface area contributed by atoms with Gasteiger partial charge in [-0.3, -0.25) is 4.98 Å². The predicted octanol–water partition coefficient (Wildman–Crippen LogP) is 2.91. The maximum absolute atomic E-state index is 12.4. The van der Waals surface area contributed by atoms with Gasteiger partial charge in [0.25, 0.3) is 10.0 Å². The highest BCUT2D eigenvalue weighted by molar-refractivity contribution is 7.90. The number of hydrogen-bond donors (Lipinski definition) is 0. The summed E-state index contributed by atoms with van der Waals surface area (Å²) in [6.45, 7) is 6.27. The quantitative estimate of drug-likeness (QED) is 0.456. The van der Waals surface area contributed by atoms with Crippen LogP contribution in [-0.2, 0) is 16.4 Å². The molecule has 10 heteroatoms. The minimum atomic E-state index is -3.41. The zero-order valence-corrected chi connectivity index (χ0v) is 18.4. The molecule has 0 unspecified atom stereocenters. The lowest BCUT2D eigenvalue weighted by Gasteiger charge is -2.11. The molecule has 9 nitrogen and oxygen atoms in total. The molecule has 0 radical (unpaired) electrons. The Morgan fingerprint density at radius 3 is 2.68 bits per heavy atom. The average Bonchev–Trinajstić information content (AvgIpc) is 3.37. The fourth-order valence-corrected chi connectivity index (χ4v) is 5.28. The average molecular weight is 438 g/mol. The lowest BCUT2D eigenvalue weighted by molar-refractivity contribution is 0.578. The summed E-state index contributed by atoms with van der Waals surface area (Å²) in [5.41, 5.74) is 4.18. The topological polar surface area (TPSA) is 108 Å². The van der Waals surface area contributed by atoms with E-state index in [1.807, 2.05) is 13.0 Å². The third-order valence-corrected chi connectivity index (χ3v) is 7.46. The standard InChI is InChI=1S/C21H23N7O2S/c1-13(2)28-14(3)25-19-11-23-17(9-20(19)28)8-16-6-7-22-21(26-16)15-10-24-27(12-15)31(29,30)18-4-5-18/h6-7,9-13,18H,4-5,8H2,1-3H3. The molecule has 0 aliphatic heterocycles. The zero-order valence-electron chi connectivity index (χ0n) is 17.6. The number of nitrogens with zero attached hydrogens (tertiary/aromatic N) is 7. The molecule has 1 aliphatic carbocycles. The van der Waals surface area contributed by atoms with Crippen molar-refractivity contribution >= 4 is 21.1 Å². The summed E-state index contributed by atoms with van der Waals surface area (Å²) in [6, 6.07) is 4.19. The van der Waals surface area contributed by atoms with E-state index in [4.69, 9.17) is 0 Å². The Morgan fingerprint density at radius 1 is 1.13 bits per heavy atom. The molecular weight excluding hydrogens is 414 g/mol. The number of rotatable bonds is 6. The molecule has 0 saturated heterocycles. The minimum Gasteiger partial charge on any atom is -0.326 e. The third-order valence-electron chi connectivity index (χ3n) is 5.43. The molecule has 0 amide bonds. The lowest BCUT2D eigenvalue weighted by Crippen LogP contribution is -2.17. The number of fused-ring (bicyclic) bond motifs is 1. The van der Waals surface area contributed by atoms with Gasteiger partial charge in [-0.1, -0.05) is 0 Å². The predicted molar refractivity (Wildman–Crippen MR) is 116 cm³/mol. The highest BCUT2D eigenvalue weighted by Crippen LogP contribution is 2.30. The molecule has 0 aromatic carbocycles. The van der Waals surface area contributed by atoms with Gasteiger partial charge in [-0.2, -0.15) is 9.19 Å². The van der Waals surface area contributed by atoms with Crippen molar-refractivity contribution in [2.24, 2.45) is 0 Å². The molecule has 160 valence electrons. The molecule has 31 heavy (non-hydrogen) atoms. The van der Waals surface area contributed by atoms with Gasteiger partial charge >= 0.3 is 0 Å². The normalized spacial score (nSPS) is 14.6. The van der Waals surface area contributed by atoms with Crippen LogP contribution in [0.1, 0.15) is 49.9 Å². The van der Waals surface area contributed by atoms with Gasteiger partial charge in [0.15, 0.2) is 5.82 Å². The van der Waals surface area contributed by atoms with Crippen LogP contribution in [0.3, 0.4) is 0 Å². The van der Waals surface area contributed by atoms with Gasteiger partial charge in [0, 0.05) is 24.4 Å². The summed E-state index contributed by atoms with van der Waals surface area (Å²) in [5.74, 6) is 1.41. The van der Waals surface area contributed by atoms with Crippen LogP contribution in [-0.4, -0.2) is 47.4 Å².